The van der Waals surface area contributed by atoms with Crippen molar-refractivity contribution in [3.63, 3.8) is 0 Å². The lowest BCUT2D eigenvalue weighted by molar-refractivity contribution is 0.217. The fourth-order valence-electron chi connectivity index (χ4n) is 2.90. The minimum atomic E-state index is -0.253. The van der Waals surface area contributed by atoms with E-state index in [1.807, 2.05) is 18.7 Å². The standard InChI is InChI=1S/C18H30OS/c1-7-14(2)18(6,16-11-9-8-10-12-16)17(4,5)20-13-15(3)19/h8-12,14-15,19H,7,13H2,1-6H3. The highest BCUT2D eigenvalue weighted by Crippen LogP contribution is 2.49. The second-order valence-corrected chi connectivity index (χ2v) is 8.19. The van der Waals surface area contributed by atoms with E-state index in [1.54, 1.807) is 0 Å². The lowest BCUT2D eigenvalue weighted by Gasteiger charge is -2.48. The molecule has 3 atom stereocenters. The zero-order valence-electron chi connectivity index (χ0n) is 13.8. The maximum Gasteiger partial charge on any atom is 0.0602 e. The van der Waals surface area contributed by atoms with Crippen LogP contribution in [0.1, 0.15) is 53.5 Å². The number of rotatable bonds is 7. The Morgan fingerprint density at radius 2 is 1.65 bits per heavy atom. The summed E-state index contributed by atoms with van der Waals surface area (Å²) in [5.41, 5.74) is 1.49. The Bertz CT molecular complexity index is 399. The van der Waals surface area contributed by atoms with Crippen molar-refractivity contribution < 1.29 is 5.11 Å². The summed E-state index contributed by atoms with van der Waals surface area (Å²) in [5.74, 6) is 1.37. The number of benzene rings is 1. The summed E-state index contributed by atoms with van der Waals surface area (Å²) in [6.07, 6.45) is 0.903. The Hall–Kier alpha value is -0.470. The first kappa shape index (κ1) is 17.6. The monoisotopic (exact) mass is 294 g/mol. The van der Waals surface area contributed by atoms with Gasteiger partial charge in [-0.3, -0.25) is 0 Å². The van der Waals surface area contributed by atoms with Crippen LogP contribution in [0.5, 0.6) is 0 Å². The van der Waals surface area contributed by atoms with E-state index >= 15 is 0 Å². The zero-order valence-corrected chi connectivity index (χ0v) is 14.6. The van der Waals surface area contributed by atoms with E-state index in [-0.39, 0.29) is 16.3 Å². The van der Waals surface area contributed by atoms with Crippen LogP contribution in [0.25, 0.3) is 0 Å². The summed E-state index contributed by atoms with van der Waals surface area (Å²) in [6.45, 7) is 13.5. The molecule has 2 heteroatoms. The summed E-state index contributed by atoms with van der Waals surface area (Å²) < 4.78 is 0.0702. The predicted octanol–water partition coefficient (Wildman–Crippen LogP) is 4.88. The summed E-state index contributed by atoms with van der Waals surface area (Å²) in [5, 5.41) is 9.63. The predicted molar refractivity (Wildman–Crippen MR) is 91.5 cm³/mol. The molecule has 0 aliphatic rings. The van der Waals surface area contributed by atoms with Crippen molar-refractivity contribution >= 4 is 11.8 Å². The van der Waals surface area contributed by atoms with Crippen LogP contribution in [0, 0.1) is 5.92 Å². The topological polar surface area (TPSA) is 20.2 Å². The van der Waals surface area contributed by atoms with Crippen LogP contribution in [0.15, 0.2) is 30.3 Å². The van der Waals surface area contributed by atoms with Crippen LogP contribution in [0.3, 0.4) is 0 Å². The molecule has 0 fully saturated rings. The molecular formula is C18H30OS. The molecule has 1 aromatic rings. The largest absolute Gasteiger partial charge is 0.393 e. The first-order chi connectivity index (χ1) is 9.25. The van der Waals surface area contributed by atoms with Gasteiger partial charge in [-0.25, -0.2) is 0 Å². The molecule has 114 valence electrons. The number of thioether (sulfide) groups is 1. The Labute approximate surface area is 129 Å². The SMILES string of the molecule is CCC(C)C(C)(c1ccccc1)C(C)(C)SCC(C)O. The third kappa shape index (κ3) is 3.59. The van der Waals surface area contributed by atoms with Gasteiger partial charge in [0.15, 0.2) is 0 Å². The molecule has 20 heavy (non-hydrogen) atoms. The van der Waals surface area contributed by atoms with Crippen LogP contribution in [0.4, 0.5) is 0 Å². The first-order valence-corrected chi connectivity index (χ1v) is 8.61. The van der Waals surface area contributed by atoms with Crippen molar-refractivity contribution in [1.29, 1.82) is 0 Å². The number of aliphatic hydroxyl groups excluding tert-OH is 1. The van der Waals surface area contributed by atoms with Gasteiger partial charge in [-0.15, -0.1) is 0 Å². The van der Waals surface area contributed by atoms with E-state index in [1.165, 1.54) is 5.56 Å². The van der Waals surface area contributed by atoms with Crippen molar-refractivity contribution in [2.75, 3.05) is 5.75 Å². The Kier molecular flexibility index (Phi) is 6.15. The third-order valence-electron chi connectivity index (χ3n) is 4.91. The molecule has 1 N–H and O–H groups in total. The molecule has 1 nitrogen and oxygen atoms in total. The van der Waals surface area contributed by atoms with Crippen molar-refractivity contribution in [1.82, 2.24) is 0 Å². The van der Waals surface area contributed by atoms with Crippen molar-refractivity contribution in [2.24, 2.45) is 5.92 Å². The quantitative estimate of drug-likeness (QED) is 0.773. The first-order valence-electron chi connectivity index (χ1n) is 7.63. The maximum absolute atomic E-state index is 9.63. The summed E-state index contributed by atoms with van der Waals surface area (Å²) in [6, 6.07) is 10.8. The highest BCUT2D eigenvalue weighted by molar-refractivity contribution is 8.00. The molecule has 0 bridgehead atoms. The van der Waals surface area contributed by atoms with Gasteiger partial charge in [0.05, 0.1) is 6.10 Å². The molecule has 0 saturated carbocycles. The van der Waals surface area contributed by atoms with Crippen molar-refractivity contribution in [3.8, 4) is 0 Å². The van der Waals surface area contributed by atoms with E-state index in [2.05, 4.69) is 65.0 Å². The van der Waals surface area contributed by atoms with Gasteiger partial charge in [-0.05, 0) is 32.3 Å². The van der Waals surface area contributed by atoms with Gasteiger partial charge in [0, 0.05) is 15.9 Å². The molecule has 0 radical (unpaired) electrons. The Morgan fingerprint density at radius 1 is 1.10 bits per heavy atom. The Morgan fingerprint density at radius 3 is 2.10 bits per heavy atom. The number of aliphatic hydroxyl groups is 1. The van der Waals surface area contributed by atoms with Crippen LogP contribution < -0.4 is 0 Å². The van der Waals surface area contributed by atoms with Gasteiger partial charge in [-0.2, -0.15) is 11.8 Å². The Balaban J connectivity index is 3.18. The smallest absolute Gasteiger partial charge is 0.0602 e. The third-order valence-corrected chi connectivity index (χ3v) is 6.70. The van der Waals surface area contributed by atoms with Gasteiger partial charge in [0.2, 0.25) is 0 Å². The van der Waals surface area contributed by atoms with Crippen LogP contribution in [0.2, 0.25) is 0 Å². The summed E-state index contributed by atoms with van der Waals surface area (Å²) >= 11 is 1.88. The number of hydrogen-bond acceptors (Lipinski definition) is 2. The molecule has 0 aromatic heterocycles. The molecule has 0 amide bonds. The lowest BCUT2D eigenvalue weighted by Crippen LogP contribution is -2.48. The van der Waals surface area contributed by atoms with E-state index in [0.717, 1.165) is 12.2 Å². The van der Waals surface area contributed by atoms with Crippen LogP contribution >= 0.6 is 11.8 Å². The molecule has 0 heterocycles. The molecule has 1 aromatic carbocycles. The number of hydrogen-bond donors (Lipinski definition) is 1. The highest BCUT2D eigenvalue weighted by atomic mass is 32.2. The molecule has 0 aliphatic heterocycles. The van der Waals surface area contributed by atoms with Gasteiger partial charge >= 0.3 is 0 Å². The molecular weight excluding hydrogens is 264 g/mol. The van der Waals surface area contributed by atoms with Gasteiger partial charge < -0.3 is 5.11 Å². The van der Waals surface area contributed by atoms with E-state index in [4.69, 9.17) is 0 Å². The van der Waals surface area contributed by atoms with Crippen molar-refractivity contribution in [3.05, 3.63) is 35.9 Å². The average Bonchev–Trinajstić information content (AvgIpc) is 2.44. The normalized spacial score (nSPS) is 18.4. The second kappa shape index (κ2) is 7.00. The zero-order chi connectivity index (χ0) is 15.4. The van der Waals surface area contributed by atoms with Crippen LogP contribution in [-0.2, 0) is 5.41 Å². The second-order valence-electron chi connectivity index (χ2n) is 6.55. The minimum absolute atomic E-state index is 0.0702. The maximum atomic E-state index is 9.63. The minimum Gasteiger partial charge on any atom is -0.393 e. The lowest BCUT2D eigenvalue weighted by atomic mass is 9.64. The van der Waals surface area contributed by atoms with E-state index in [9.17, 15) is 5.11 Å². The molecule has 1 rings (SSSR count). The van der Waals surface area contributed by atoms with E-state index in [0.29, 0.717) is 5.92 Å². The van der Waals surface area contributed by atoms with Gasteiger partial charge in [0.25, 0.3) is 0 Å². The molecule has 0 aliphatic carbocycles. The van der Waals surface area contributed by atoms with Gasteiger partial charge in [-0.1, -0.05) is 57.5 Å². The summed E-state index contributed by atoms with van der Waals surface area (Å²) in [4.78, 5) is 0. The van der Waals surface area contributed by atoms with Crippen molar-refractivity contribution in [2.45, 2.75) is 64.2 Å². The van der Waals surface area contributed by atoms with E-state index < -0.39 is 0 Å². The van der Waals surface area contributed by atoms with Gasteiger partial charge in [0.1, 0.15) is 0 Å². The molecule has 0 spiro atoms. The molecule has 3 unspecified atom stereocenters. The fraction of sp³-hybridized carbons (Fsp3) is 0.667. The summed E-state index contributed by atoms with van der Waals surface area (Å²) in [7, 11) is 0. The van der Waals surface area contributed by atoms with Crippen LogP contribution in [-0.4, -0.2) is 21.7 Å². The highest BCUT2D eigenvalue weighted by Gasteiger charge is 2.45. The fourth-order valence-corrected chi connectivity index (χ4v) is 4.17. The average molecular weight is 295 g/mol. The molecule has 0 saturated heterocycles.